The van der Waals surface area contributed by atoms with Gasteiger partial charge in [0.05, 0.1) is 10.9 Å². The fourth-order valence-corrected chi connectivity index (χ4v) is 5.48. The number of benzene rings is 2. The second kappa shape index (κ2) is 9.16. The average Bonchev–Trinajstić information content (AvgIpc) is 2.79. The molecule has 7 heteroatoms. The number of rotatable bonds is 6. The van der Waals surface area contributed by atoms with Crippen LogP contribution in [-0.4, -0.2) is 25.4 Å². The Hall–Kier alpha value is -2.77. The highest BCUT2D eigenvalue weighted by atomic mass is 32.2. The maximum atomic E-state index is 12.9. The Labute approximate surface area is 183 Å². The summed E-state index contributed by atoms with van der Waals surface area (Å²) in [7, 11) is -3.60. The van der Waals surface area contributed by atoms with Crippen LogP contribution in [0.1, 0.15) is 44.2 Å². The summed E-state index contributed by atoms with van der Waals surface area (Å²) in [6, 6.07) is 16.4. The highest BCUT2D eigenvalue weighted by Gasteiger charge is 2.29. The first-order chi connectivity index (χ1) is 14.9. The number of nitrogens with zero attached hydrogens (tertiary/aromatic N) is 1. The molecule has 0 radical (unpaired) electrons. The van der Waals surface area contributed by atoms with Crippen molar-refractivity contribution in [1.29, 1.82) is 0 Å². The Kier molecular flexibility index (Phi) is 6.34. The third-order valence-electron chi connectivity index (χ3n) is 5.99. The Morgan fingerprint density at radius 1 is 1.00 bits per heavy atom. The number of sulfonamides is 1. The van der Waals surface area contributed by atoms with Crippen molar-refractivity contribution in [2.75, 3.05) is 0 Å². The molecule has 0 aliphatic heterocycles. The summed E-state index contributed by atoms with van der Waals surface area (Å²) in [4.78, 5) is 17.0. The number of pyridine rings is 1. The van der Waals surface area contributed by atoms with Crippen LogP contribution in [0.15, 0.2) is 71.9 Å². The van der Waals surface area contributed by atoms with Crippen LogP contribution in [0, 0.1) is 5.92 Å². The van der Waals surface area contributed by atoms with Gasteiger partial charge in [-0.3, -0.25) is 9.78 Å². The number of fused-ring (bicyclic) bond motifs is 1. The van der Waals surface area contributed by atoms with Gasteiger partial charge in [0.15, 0.2) is 0 Å². The maximum Gasteiger partial charge on any atom is 0.240 e. The first kappa shape index (κ1) is 21.5. The standard InChI is InChI=1S/C24H27N3O3S/c1-17(21-7-4-14-25-16-21)26-24(28)19-8-11-22(12-9-19)27-31(29,30)23-13-10-18-5-2-3-6-20(18)15-23/h2-7,10,13-17,19,22,27H,8-9,11-12H2,1H3,(H,26,28)/t17-,19?,22?/m0/s1. The van der Waals surface area contributed by atoms with E-state index in [4.69, 9.17) is 0 Å². The van der Waals surface area contributed by atoms with E-state index < -0.39 is 10.0 Å². The van der Waals surface area contributed by atoms with Gasteiger partial charge in [-0.15, -0.1) is 0 Å². The van der Waals surface area contributed by atoms with Crippen LogP contribution in [0.4, 0.5) is 0 Å². The largest absolute Gasteiger partial charge is 0.349 e. The van der Waals surface area contributed by atoms with Crippen LogP contribution in [0.3, 0.4) is 0 Å². The fraction of sp³-hybridized carbons (Fsp3) is 0.333. The summed E-state index contributed by atoms with van der Waals surface area (Å²) >= 11 is 0. The van der Waals surface area contributed by atoms with Gasteiger partial charge in [0.25, 0.3) is 0 Å². The van der Waals surface area contributed by atoms with E-state index in [-0.39, 0.29) is 28.8 Å². The topological polar surface area (TPSA) is 88.2 Å². The molecule has 4 rings (SSSR count). The quantitative estimate of drug-likeness (QED) is 0.611. The average molecular weight is 438 g/mol. The fourth-order valence-electron chi connectivity index (χ4n) is 4.14. The molecular weight excluding hydrogens is 410 g/mol. The molecule has 1 fully saturated rings. The highest BCUT2D eigenvalue weighted by Crippen LogP contribution is 2.27. The van der Waals surface area contributed by atoms with Gasteiger partial charge < -0.3 is 5.32 Å². The van der Waals surface area contributed by atoms with Crippen molar-refractivity contribution >= 4 is 26.7 Å². The van der Waals surface area contributed by atoms with E-state index in [0.29, 0.717) is 25.7 Å². The SMILES string of the molecule is C[C@H](NC(=O)C1CCC(NS(=O)(=O)c2ccc3ccccc3c2)CC1)c1cccnc1. The van der Waals surface area contributed by atoms with E-state index >= 15 is 0 Å². The number of hydrogen-bond acceptors (Lipinski definition) is 4. The van der Waals surface area contributed by atoms with E-state index in [1.165, 1.54) is 0 Å². The summed E-state index contributed by atoms with van der Waals surface area (Å²) in [5.41, 5.74) is 0.965. The maximum absolute atomic E-state index is 12.9. The van der Waals surface area contributed by atoms with Crippen molar-refractivity contribution in [1.82, 2.24) is 15.0 Å². The summed E-state index contributed by atoms with van der Waals surface area (Å²) in [5.74, 6) is -0.0762. The van der Waals surface area contributed by atoms with Gasteiger partial charge in [0.1, 0.15) is 0 Å². The lowest BCUT2D eigenvalue weighted by Crippen LogP contribution is -2.41. The van der Waals surface area contributed by atoms with Crippen molar-refractivity contribution in [3.05, 3.63) is 72.6 Å². The normalized spacial score (nSPS) is 20.3. The molecule has 31 heavy (non-hydrogen) atoms. The molecule has 1 saturated carbocycles. The van der Waals surface area contributed by atoms with Gasteiger partial charge in [0, 0.05) is 24.4 Å². The van der Waals surface area contributed by atoms with Crippen LogP contribution < -0.4 is 10.0 Å². The van der Waals surface area contributed by atoms with Crippen LogP contribution in [0.25, 0.3) is 10.8 Å². The number of carbonyl (C=O) groups excluding carboxylic acids is 1. The molecule has 0 spiro atoms. The lowest BCUT2D eigenvalue weighted by molar-refractivity contribution is -0.126. The van der Waals surface area contributed by atoms with Crippen molar-refractivity contribution in [2.45, 2.75) is 49.6 Å². The van der Waals surface area contributed by atoms with Crippen LogP contribution in [0.2, 0.25) is 0 Å². The van der Waals surface area contributed by atoms with E-state index in [1.807, 2.05) is 49.4 Å². The molecule has 2 aromatic carbocycles. The predicted molar refractivity (Wildman–Crippen MR) is 121 cm³/mol. The molecule has 3 aromatic rings. The van der Waals surface area contributed by atoms with Crippen LogP contribution >= 0.6 is 0 Å². The minimum Gasteiger partial charge on any atom is -0.349 e. The summed E-state index contributed by atoms with van der Waals surface area (Å²) < 4.78 is 28.6. The van der Waals surface area contributed by atoms with Crippen molar-refractivity contribution in [2.24, 2.45) is 5.92 Å². The molecule has 1 aromatic heterocycles. The molecule has 6 nitrogen and oxygen atoms in total. The minimum atomic E-state index is -3.60. The van der Waals surface area contributed by atoms with Crippen molar-refractivity contribution < 1.29 is 13.2 Å². The van der Waals surface area contributed by atoms with Gasteiger partial charge in [-0.2, -0.15) is 0 Å². The summed E-state index contributed by atoms with van der Waals surface area (Å²) in [6.07, 6.45) is 6.08. The van der Waals surface area contributed by atoms with Gasteiger partial charge in [-0.05, 0) is 67.1 Å². The molecule has 0 saturated heterocycles. The minimum absolute atomic E-state index is 0.0205. The Bertz CT molecular complexity index is 1160. The monoisotopic (exact) mass is 437 g/mol. The number of hydrogen-bond donors (Lipinski definition) is 2. The molecule has 0 bridgehead atoms. The third-order valence-corrected chi connectivity index (χ3v) is 7.51. The lowest BCUT2D eigenvalue weighted by Gasteiger charge is -2.29. The highest BCUT2D eigenvalue weighted by molar-refractivity contribution is 7.89. The first-order valence-corrected chi connectivity index (χ1v) is 12.1. The molecule has 1 heterocycles. The zero-order chi connectivity index (χ0) is 21.8. The van der Waals surface area contributed by atoms with E-state index in [9.17, 15) is 13.2 Å². The van der Waals surface area contributed by atoms with Gasteiger partial charge in [-0.25, -0.2) is 13.1 Å². The molecule has 162 valence electrons. The summed E-state index contributed by atoms with van der Waals surface area (Å²) in [5, 5.41) is 4.96. The number of amides is 1. The van der Waals surface area contributed by atoms with Gasteiger partial charge >= 0.3 is 0 Å². The van der Waals surface area contributed by atoms with Gasteiger partial charge in [-0.1, -0.05) is 36.4 Å². The van der Waals surface area contributed by atoms with E-state index in [2.05, 4.69) is 15.0 Å². The molecule has 1 amide bonds. The third kappa shape index (κ3) is 5.11. The Balaban J connectivity index is 1.33. The zero-order valence-corrected chi connectivity index (χ0v) is 18.3. The smallest absolute Gasteiger partial charge is 0.240 e. The Morgan fingerprint density at radius 2 is 1.74 bits per heavy atom. The van der Waals surface area contributed by atoms with E-state index in [1.54, 1.807) is 24.5 Å². The molecule has 1 aliphatic carbocycles. The molecular formula is C24H27N3O3S. The second-order valence-corrected chi connectivity index (χ2v) is 9.91. The second-order valence-electron chi connectivity index (χ2n) is 8.20. The number of aromatic nitrogens is 1. The molecule has 2 N–H and O–H groups in total. The number of nitrogens with one attached hydrogen (secondary N) is 2. The molecule has 1 aliphatic rings. The van der Waals surface area contributed by atoms with Crippen molar-refractivity contribution in [3.63, 3.8) is 0 Å². The first-order valence-electron chi connectivity index (χ1n) is 10.6. The number of carbonyl (C=O) groups is 1. The van der Waals surface area contributed by atoms with Gasteiger partial charge in [0.2, 0.25) is 15.9 Å². The van der Waals surface area contributed by atoms with Crippen LogP contribution in [-0.2, 0) is 14.8 Å². The predicted octanol–water partition coefficient (Wildman–Crippen LogP) is 3.95. The summed E-state index contributed by atoms with van der Waals surface area (Å²) in [6.45, 7) is 1.94. The molecule has 0 unspecified atom stereocenters. The van der Waals surface area contributed by atoms with E-state index in [0.717, 1.165) is 16.3 Å². The Morgan fingerprint density at radius 3 is 2.45 bits per heavy atom. The molecule has 1 atom stereocenters. The zero-order valence-electron chi connectivity index (χ0n) is 17.5. The lowest BCUT2D eigenvalue weighted by atomic mass is 9.85. The van der Waals surface area contributed by atoms with Crippen molar-refractivity contribution in [3.8, 4) is 0 Å². The van der Waals surface area contributed by atoms with Crippen LogP contribution in [0.5, 0.6) is 0 Å².